The maximum atomic E-state index is 11.8. The Morgan fingerprint density at radius 2 is 2.00 bits per heavy atom. The monoisotopic (exact) mass is 206 g/mol. The van der Waals surface area contributed by atoms with Crippen LogP contribution in [0.15, 0.2) is 24.5 Å². The number of carbonyl (C=O) groups is 1. The van der Waals surface area contributed by atoms with E-state index in [1.165, 1.54) is 0 Å². The first-order valence-corrected chi connectivity index (χ1v) is 5.15. The van der Waals surface area contributed by atoms with E-state index in [-0.39, 0.29) is 11.8 Å². The molecule has 1 aliphatic rings. The highest BCUT2D eigenvalue weighted by Crippen LogP contribution is 2.16. The molecule has 2 rings (SSSR count). The molecule has 1 amide bonds. The van der Waals surface area contributed by atoms with Crippen LogP contribution in [0.25, 0.3) is 0 Å². The average Bonchev–Trinajstić information content (AvgIpc) is 2.31. The smallest absolute Gasteiger partial charge is 0.227 e. The van der Waals surface area contributed by atoms with E-state index in [4.69, 9.17) is 4.74 Å². The van der Waals surface area contributed by atoms with Gasteiger partial charge in [0.2, 0.25) is 5.91 Å². The summed E-state index contributed by atoms with van der Waals surface area (Å²) < 4.78 is 5.21. The Labute approximate surface area is 88.7 Å². The lowest BCUT2D eigenvalue weighted by Crippen LogP contribution is -2.28. The van der Waals surface area contributed by atoms with E-state index >= 15 is 0 Å². The third-order valence-electron chi connectivity index (χ3n) is 2.54. The number of pyridine rings is 1. The number of hydrogen-bond donors (Lipinski definition) is 1. The van der Waals surface area contributed by atoms with Crippen LogP contribution in [0.1, 0.15) is 12.8 Å². The Morgan fingerprint density at radius 1 is 1.33 bits per heavy atom. The van der Waals surface area contributed by atoms with Crippen molar-refractivity contribution in [3.63, 3.8) is 0 Å². The van der Waals surface area contributed by atoms with Gasteiger partial charge < -0.3 is 10.1 Å². The normalized spacial score (nSPS) is 17.3. The SMILES string of the molecule is O=C(Nc1ccncc1)C1CCOCC1. The summed E-state index contributed by atoms with van der Waals surface area (Å²) in [6.45, 7) is 1.38. The fourth-order valence-corrected chi connectivity index (χ4v) is 1.64. The van der Waals surface area contributed by atoms with Crippen molar-refractivity contribution in [2.24, 2.45) is 5.92 Å². The van der Waals surface area contributed by atoms with Crippen molar-refractivity contribution in [1.29, 1.82) is 0 Å². The second-order valence-electron chi connectivity index (χ2n) is 3.61. The van der Waals surface area contributed by atoms with Crippen LogP contribution < -0.4 is 5.32 Å². The molecule has 4 nitrogen and oxygen atoms in total. The van der Waals surface area contributed by atoms with E-state index in [1.54, 1.807) is 24.5 Å². The number of amides is 1. The largest absolute Gasteiger partial charge is 0.381 e. The van der Waals surface area contributed by atoms with Gasteiger partial charge >= 0.3 is 0 Å². The zero-order chi connectivity index (χ0) is 10.5. The first-order valence-electron chi connectivity index (χ1n) is 5.15. The van der Waals surface area contributed by atoms with Gasteiger partial charge in [-0.2, -0.15) is 0 Å². The Balaban J connectivity index is 1.91. The van der Waals surface area contributed by atoms with E-state index < -0.39 is 0 Å². The first kappa shape index (κ1) is 10.1. The Kier molecular flexibility index (Phi) is 3.29. The summed E-state index contributed by atoms with van der Waals surface area (Å²) in [7, 11) is 0. The van der Waals surface area contributed by atoms with Crippen LogP contribution in [0.5, 0.6) is 0 Å². The molecule has 4 heteroatoms. The number of carbonyl (C=O) groups excluding carboxylic acids is 1. The van der Waals surface area contributed by atoms with Gasteiger partial charge in [0, 0.05) is 37.2 Å². The molecule has 0 unspecified atom stereocenters. The minimum Gasteiger partial charge on any atom is -0.381 e. The predicted octanol–water partition coefficient (Wildman–Crippen LogP) is 1.45. The lowest BCUT2D eigenvalue weighted by atomic mass is 9.99. The highest BCUT2D eigenvalue weighted by atomic mass is 16.5. The summed E-state index contributed by atoms with van der Waals surface area (Å²) in [6, 6.07) is 3.58. The van der Waals surface area contributed by atoms with Crippen LogP contribution in [0.2, 0.25) is 0 Å². The van der Waals surface area contributed by atoms with Gasteiger partial charge in [0.1, 0.15) is 0 Å². The number of aromatic nitrogens is 1. The lowest BCUT2D eigenvalue weighted by molar-refractivity contribution is -0.122. The molecule has 0 saturated carbocycles. The Bertz CT molecular complexity index is 321. The summed E-state index contributed by atoms with van der Waals surface area (Å²) in [5.74, 6) is 0.177. The van der Waals surface area contributed by atoms with Crippen LogP contribution in [0, 0.1) is 5.92 Å². The molecular formula is C11H14N2O2. The number of nitrogens with one attached hydrogen (secondary N) is 1. The molecule has 15 heavy (non-hydrogen) atoms. The van der Waals surface area contributed by atoms with Crippen LogP contribution >= 0.6 is 0 Å². The van der Waals surface area contributed by atoms with Gasteiger partial charge in [-0.3, -0.25) is 9.78 Å². The molecule has 1 saturated heterocycles. The van der Waals surface area contributed by atoms with Crippen LogP contribution in [0.3, 0.4) is 0 Å². The summed E-state index contributed by atoms with van der Waals surface area (Å²) in [5, 5.41) is 2.88. The van der Waals surface area contributed by atoms with Crippen molar-refractivity contribution in [1.82, 2.24) is 4.98 Å². The van der Waals surface area contributed by atoms with Gasteiger partial charge in [0.15, 0.2) is 0 Å². The van der Waals surface area contributed by atoms with Crippen LogP contribution in [-0.4, -0.2) is 24.1 Å². The minimum absolute atomic E-state index is 0.0875. The molecule has 1 fully saturated rings. The van der Waals surface area contributed by atoms with Gasteiger partial charge in [0.05, 0.1) is 0 Å². The fraction of sp³-hybridized carbons (Fsp3) is 0.455. The van der Waals surface area contributed by atoms with Crippen molar-refractivity contribution in [3.8, 4) is 0 Å². The van der Waals surface area contributed by atoms with Gasteiger partial charge in [-0.15, -0.1) is 0 Å². The standard InChI is InChI=1S/C11H14N2O2/c14-11(9-3-7-15-8-4-9)13-10-1-5-12-6-2-10/h1-2,5-6,9H,3-4,7-8H2,(H,12,13,14). The lowest BCUT2D eigenvalue weighted by Gasteiger charge is -2.21. The second-order valence-corrected chi connectivity index (χ2v) is 3.61. The van der Waals surface area contributed by atoms with E-state index in [9.17, 15) is 4.79 Å². The second kappa shape index (κ2) is 4.89. The number of nitrogens with zero attached hydrogens (tertiary/aromatic N) is 1. The quantitative estimate of drug-likeness (QED) is 0.796. The summed E-state index contributed by atoms with van der Waals surface area (Å²) in [4.78, 5) is 15.7. The number of anilines is 1. The van der Waals surface area contributed by atoms with E-state index in [0.29, 0.717) is 13.2 Å². The maximum Gasteiger partial charge on any atom is 0.227 e. The average molecular weight is 206 g/mol. The third-order valence-corrected chi connectivity index (χ3v) is 2.54. The van der Waals surface area contributed by atoms with Gasteiger partial charge in [-0.25, -0.2) is 0 Å². The summed E-state index contributed by atoms with van der Waals surface area (Å²) in [6.07, 6.45) is 4.97. The van der Waals surface area contributed by atoms with Crippen LogP contribution in [-0.2, 0) is 9.53 Å². The number of hydrogen-bond acceptors (Lipinski definition) is 3. The molecule has 0 atom stereocenters. The molecule has 2 heterocycles. The van der Waals surface area contributed by atoms with Gasteiger partial charge in [0.25, 0.3) is 0 Å². The molecule has 0 spiro atoms. The van der Waals surface area contributed by atoms with E-state index in [1.807, 2.05) is 0 Å². The Morgan fingerprint density at radius 3 is 2.67 bits per heavy atom. The zero-order valence-corrected chi connectivity index (χ0v) is 8.48. The molecule has 0 aliphatic carbocycles. The third kappa shape index (κ3) is 2.76. The molecule has 1 N–H and O–H groups in total. The highest BCUT2D eigenvalue weighted by Gasteiger charge is 2.21. The van der Waals surface area contributed by atoms with E-state index in [0.717, 1.165) is 18.5 Å². The van der Waals surface area contributed by atoms with Gasteiger partial charge in [-0.1, -0.05) is 0 Å². The number of ether oxygens (including phenoxy) is 1. The molecular weight excluding hydrogens is 192 g/mol. The molecule has 1 aromatic heterocycles. The van der Waals surface area contributed by atoms with Crippen LogP contribution in [0.4, 0.5) is 5.69 Å². The molecule has 1 aromatic rings. The minimum atomic E-state index is 0.0875. The van der Waals surface area contributed by atoms with E-state index in [2.05, 4.69) is 10.3 Å². The van der Waals surface area contributed by atoms with Crippen molar-refractivity contribution >= 4 is 11.6 Å². The first-order chi connectivity index (χ1) is 7.36. The van der Waals surface area contributed by atoms with Crippen molar-refractivity contribution in [2.75, 3.05) is 18.5 Å². The Hall–Kier alpha value is -1.42. The van der Waals surface area contributed by atoms with Gasteiger partial charge in [-0.05, 0) is 25.0 Å². The molecule has 80 valence electrons. The molecule has 0 radical (unpaired) electrons. The predicted molar refractivity (Wildman–Crippen MR) is 56.4 cm³/mol. The molecule has 0 aromatic carbocycles. The maximum absolute atomic E-state index is 11.8. The van der Waals surface area contributed by atoms with Crippen molar-refractivity contribution in [3.05, 3.63) is 24.5 Å². The van der Waals surface area contributed by atoms with Crippen molar-refractivity contribution < 1.29 is 9.53 Å². The molecule has 1 aliphatic heterocycles. The molecule has 0 bridgehead atoms. The summed E-state index contributed by atoms with van der Waals surface area (Å²) in [5.41, 5.74) is 0.807. The zero-order valence-electron chi connectivity index (χ0n) is 8.48. The summed E-state index contributed by atoms with van der Waals surface area (Å²) >= 11 is 0. The topological polar surface area (TPSA) is 51.2 Å². The highest BCUT2D eigenvalue weighted by molar-refractivity contribution is 5.92. The number of rotatable bonds is 2. The van der Waals surface area contributed by atoms with Crippen molar-refractivity contribution in [2.45, 2.75) is 12.8 Å². The fourth-order valence-electron chi connectivity index (χ4n) is 1.64.